The summed E-state index contributed by atoms with van der Waals surface area (Å²) >= 11 is 6.41. The third-order valence-electron chi connectivity index (χ3n) is 4.76. The second-order valence-electron chi connectivity index (χ2n) is 7.39. The molecule has 7 heteroatoms. The number of amides is 1. The first kappa shape index (κ1) is 20.9. The van der Waals surface area contributed by atoms with Gasteiger partial charge in [-0.3, -0.25) is 14.4 Å². The smallest absolute Gasteiger partial charge is 0.244 e. The molecule has 1 aromatic rings. The maximum Gasteiger partial charge on any atom is 0.244 e. The van der Waals surface area contributed by atoms with Crippen LogP contribution in [0, 0.1) is 12.8 Å². The maximum atomic E-state index is 12.3. The number of carbonyl (C=O) groups excluding carboxylic acids is 1. The number of nitrogens with zero attached hydrogens (tertiary/aromatic N) is 3. The molecule has 0 radical (unpaired) electrons. The molecule has 2 heterocycles. The summed E-state index contributed by atoms with van der Waals surface area (Å²) < 4.78 is 7.18. The van der Waals surface area contributed by atoms with E-state index in [1.165, 1.54) is 6.08 Å². The Morgan fingerprint density at radius 1 is 1.31 bits per heavy atom. The van der Waals surface area contributed by atoms with E-state index in [0.29, 0.717) is 11.1 Å². The number of aryl methyl sites for hydroxylation is 1. The molecule has 6 nitrogen and oxygen atoms in total. The van der Waals surface area contributed by atoms with Crippen molar-refractivity contribution in [1.29, 1.82) is 0 Å². The Morgan fingerprint density at radius 3 is 2.58 bits per heavy atom. The minimum atomic E-state index is -0.121. The summed E-state index contributed by atoms with van der Waals surface area (Å²) in [6.07, 6.45) is 3.29. The molecular weight excluding hydrogens is 352 g/mol. The van der Waals surface area contributed by atoms with Gasteiger partial charge in [0.2, 0.25) is 5.91 Å². The fraction of sp³-hybridized carbons (Fsp3) is 0.684. The molecule has 0 bridgehead atoms. The van der Waals surface area contributed by atoms with Gasteiger partial charge in [-0.25, -0.2) is 0 Å². The number of hydrogen-bond donors (Lipinski definition) is 1. The van der Waals surface area contributed by atoms with Crippen LogP contribution in [0.4, 0.5) is 0 Å². The number of ether oxygens (including phenoxy) is 1. The molecule has 1 aliphatic rings. The molecule has 2 unspecified atom stereocenters. The van der Waals surface area contributed by atoms with Gasteiger partial charge in [0.1, 0.15) is 5.15 Å². The monoisotopic (exact) mass is 382 g/mol. The van der Waals surface area contributed by atoms with Gasteiger partial charge < -0.3 is 10.1 Å². The van der Waals surface area contributed by atoms with Crippen molar-refractivity contribution in [1.82, 2.24) is 20.0 Å². The largest absolute Gasteiger partial charge is 0.379 e. The van der Waals surface area contributed by atoms with Gasteiger partial charge >= 0.3 is 0 Å². The van der Waals surface area contributed by atoms with E-state index in [4.69, 9.17) is 16.3 Å². The highest BCUT2D eigenvalue weighted by atomic mass is 35.5. The number of halogens is 1. The zero-order valence-electron chi connectivity index (χ0n) is 16.5. The minimum absolute atomic E-state index is 0.0467. The molecule has 1 N–H and O–H groups in total. The molecule has 1 saturated heterocycles. The van der Waals surface area contributed by atoms with Crippen LogP contribution in [0.5, 0.6) is 0 Å². The fourth-order valence-electron chi connectivity index (χ4n) is 3.08. The van der Waals surface area contributed by atoms with Crippen LogP contribution in [0.2, 0.25) is 5.15 Å². The first-order chi connectivity index (χ1) is 12.3. The number of aromatic nitrogens is 2. The molecule has 0 spiro atoms. The molecule has 2 rings (SSSR count). The van der Waals surface area contributed by atoms with Gasteiger partial charge in [-0.1, -0.05) is 25.4 Å². The summed E-state index contributed by atoms with van der Waals surface area (Å²) in [5, 5.41) is 8.09. The third-order valence-corrected chi connectivity index (χ3v) is 5.16. The fourth-order valence-corrected chi connectivity index (χ4v) is 3.38. The molecule has 1 aliphatic heterocycles. The molecule has 0 aliphatic carbocycles. The normalized spacial score (nSPS) is 18.4. The summed E-state index contributed by atoms with van der Waals surface area (Å²) in [7, 11) is 0. The van der Waals surface area contributed by atoms with Gasteiger partial charge in [0.25, 0.3) is 0 Å². The molecule has 26 heavy (non-hydrogen) atoms. The highest BCUT2D eigenvalue weighted by Gasteiger charge is 2.22. The predicted octanol–water partition coefficient (Wildman–Crippen LogP) is 2.74. The molecule has 0 aromatic carbocycles. The average Bonchev–Trinajstić information content (AvgIpc) is 2.86. The first-order valence-corrected chi connectivity index (χ1v) is 9.70. The summed E-state index contributed by atoms with van der Waals surface area (Å²) in [5.41, 5.74) is 1.63. The van der Waals surface area contributed by atoms with Gasteiger partial charge in [-0.15, -0.1) is 0 Å². The zero-order valence-corrected chi connectivity index (χ0v) is 17.2. The highest BCUT2D eigenvalue weighted by Crippen LogP contribution is 2.22. The van der Waals surface area contributed by atoms with Crippen LogP contribution >= 0.6 is 11.6 Å². The van der Waals surface area contributed by atoms with Crippen LogP contribution in [0.3, 0.4) is 0 Å². The Kier molecular flexibility index (Phi) is 7.68. The summed E-state index contributed by atoms with van der Waals surface area (Å²) in [4.78, 5) is 14.7. The van der Waals surface area contributed by atoms with Crippen molar-refractivity contribution >= 4 is 23.6 Å². The highest BCUT2D eigenvalue weighted by molar-refractivity contribution is 6.31. The average molecular weight is 383 g/mol. The van der Waals surface area contributed by atoms with Gasteiger partial charge in [0.05, 0.1) is 18.9 Å². The zero-order chi connectivity index (χ0) is 19.3. The van der Waals surface area contributed by atoms with Crippen LogP contribution < -0.4 is 5.32 Å². The Balaban J connectivity index is 1.95. The van der Waals surface area contributed by atoms with Crippen LogP contribution in [0.1, 0.15) is 39.0 Å². The van der Waals surface area contributed by atoms with E-state index in [0.717, 1.165) is 44.1 Å². The van der Waals surface area contributed by atoms with Crippen LogP contribution in [0.15, 0.2) is 6.08 Å². The summed E-state index contributed by atoms with van der Waals surface area (Å²) in [5.74, 6) is 0.333. The second-order valence-corrected chi connectivity index (χ2v) is 7.74. The lowest BCUT2D eigenvalue weighted by molar-refractivity contribution is -0.117. The molecule has 1 fully saturated rings. The lowest BCUT2D eigenvalue weighted by atomic mass is 10.1. The standard InChI is InChI=1S/C19H31ClN4O2/c1-13(2)12-24-19(20)17(15(4)22-24)6-7-18(25)21-14(3)16(5)23-8-10-26-11-9-23/h6-7,13-14,16H,8-12H2,1-5H3,(H,21,25). The van der Waals surface area contributed by atoms with Crippen LogP contribution in [-0.2, 0) is 16.1 Å². The number of carbonyl (C=O) groups is 1. The van der Waals surface area contributed by atoms with Gasteiger partial charge in [-0.2, -0.15) is 5.10 Å². The van der Waals surface area contributed by atoms with E-state index in [1.807, 2.05) is 13.8 Å². The van der Waals surface area contributed by atoms with E-state index >= 15 is 0 Å². The van der Waals surface area contributed by atoms with Crippen molar-refractivity contribution in [3.05, 3.63) is 22.5 Å². The minimum Gasteiger partial charge on any atom is -0.379 e. The van der Waals surface area contributed by atoms with E-state index in [9.17, 15) is 4.79 Å². The van der Waals surface area contributed by atoms with Crippen molar-refractivity contribution in [3.8, 4) is 0 Å². The summed E-state index contributed by atoms with van der Waals surface area (Å²) in [6, 6.07) is 0.306. The van der Waals surface area contributed by atoms with E-state index < -0.39 is 0 Å². The van der Waals surface area contributed by atoms with Crippen LogP contribution in [-0.4, -0.2) is 59.0 Å². The van der Waals surface area contributed by atoms with E-state index in [2.05, 4.69) is 36.1 Å². The Bertz CT molecular complexity index is 636. The molecule has 1 amide bonds. The maximum absolute atomic E-state index is 12.3. The second kappa shape index (κ2) is 9.53. The van der Waals surface area contributed by atoms with E-state index in [1.54, 1.807) is 10.8 Å². The number of nitrogens with one attached hydrogen (secondary N) is 1. The lowest BCUT2D eigenvalue weighted by Crippen LogP contribution is -2.51. The quantitative estimate of drug-likeness (QED) is 0.736. The summed E-state index contributed by atoms with van der Waals surface area (Å²) in [6.45, 7) is 14.4. The molecule has 0 saturated carbocycles. The van der Waals surface area contributed by atoms with Crippen molar-refractivity contribution in [2.45, 2.75) is 53.2 Å². The topological polar surface area (TPSA) is 59.4 Å². The predicted molar refractivity (Wildman–Crippen MR) is 105 cm³/mol. The Hall–Kier alpha value is -1.37. The number of morpholine rings is 1. The third kappa shape index (κ3) is 5.56. The number of hydrogen-bond acceptors (Lipinski definition) is 4. The van der Waals surface area contributed by atoms with Gasteiger partial charge in [0, 0.05) is 43.4 Å². The van der Waals surface area contributed by atoms with E-state index in [-0.39, 0.29) is 18.0 Å². The SMILES string of the molecule is Cc1nn(CC(C)C)c(Cl)c1C=CC(=O)NC(C)C(C)N1CCOCC1. The van der Waals surface area contributed by atoms with Gasteiger partial charge in [0.15, 0.2) is 0 Å². The first-order valence-electron chi connectivity index (χ1n) is 9.32. The molecule has 146 valence electrons. The lowest BCUT2D eigenvalue weighted by Gasteiger charge is -2.35. The van der Waals surface area contributed by atoms with Crippen molar-refractivity contribution in [2.75, 3.05) is 26.3 Å². The Morgan fingerprint density at radius 2 is 1.96 bits per heavy atom. The molecular formula is C19H31ClN4O2. The van der Waals surface area contributed by atoms with Crippen molar-refractivity contribution in [3.63, 3.8) is 0 Å². The molecule has 2 atom stereocenters. The van der Waals surface area contributed by atoms with Crippen LogP contribution in [0.25, 0.3) is 6.08 Å². The molecule has 1 aromatic heterocycles. The van der Waals surface area contributed by atoms with Crippen molar-refractivity contribution in [2.24, 2.45) is 5.92 Å². The van der Waals surface area contributed by atoms with Crippen molar-refractivity contribution < 1.29 is 9.53 Å². The Labute approximate surface area is 161 Å². The van der Waals surface area contributed by atoms with Gasteiger partial charge in [-0.05, 0) is 32.8 Å². The number of rotatable bonds is 7.